The molecule has 0 spiro atoms. The summed E-state index contributed by atoms with van der Waals surface area (Å²) in [7, 11) is 0. The normalized spacial score (nSPS) is 10.6. The Hall–Kier alpha value is -2.48. The molecule has 1 heterocycles. The third kappa shape index (κ3) is 2.13. The highest BCUT2D eigenvalue weighted by Gasteiger charge is 2.08. The van der Waals surface area contributed by atoms with E-state index in [0.29, 0.717) is 0 Å². The Bertz CT molecular complexity index is 762. The van der Waals surface area contributed by atoms with Crippen molar-refractivity contribution in [3.8, 4) is 11.1 Å². The second kappa shape index (κ2) is 4.65. The molecule has 0 aliphatic heterocycles. The lowest BCUT2D eigenvalue weighted by atomic mass is 9.96. The molecule has 2 aromatic carbocycles. The number of aromatic nitrogens is 1. The van der Waals surface area contributed by atoms with Crippen LogP contribution in [0.2, 0.25) is 0 Å². The summed E-state index contributed by atoms with van der Waals surface area (Å²) >= 11 is 0. The van der Waals surface area contributed by atoms with Gasteiger partial charge >= 0.3 is 0 Å². The molecule has 0 saturated carbocycles. The first-order valence-corrected chi connectivity index (χ1v) is 6.21. The summed E-state index contributed by atoms with van der Waals surface area (Å²) < 4.78 is 0. The number of hydrogen-bond donors (Lipinski definition) is 0. The van der Waals surface area contributed by atoms with E-state index in [1.165, 1.54) is 0 Å². The van der Waals surface area contributed by atoms with Gasteiger partial charge in [-0.3, -0.25) is 9.78 Å². The minimum absolute atomic E-state index is 0.0851. The van der Waals surface area contributed by atoms with Crippen molar-refractivity contribution in [2.24, 2.45) is 0 Å². The Balaban J connectivity index is 2.22. The van der Waals surface area contributed by atoms with Crippen LogP contribution in [0.25, 0.3) is 22.0 Å². The molecule has 0 unspecified atom stereocenters. The third-order valence-corrected chi connectivity index (χ3v) is 3.22. The average Bonchev–Trinajstić information content (AvgIpc) is 2.46. The molecular weight excluding hydrogens is 234 g/mol. The van der Waals surface area contributed by atoms with Gasteiger partial charge in [0.1, 0.15) is 0 Å². The molecular formula is C17H13NO. The number of pyridine rings is 1. The van der Waals surface area contributed by atoms with Gasteiger partial charge < -0.3 is 0 Å². The van der Waals surface area contributed by atoms with Gasteiger partial charge in [0.05, 0.1) is 5.52 Å². The number of rotatable bonds is 2. The van der Waals surface area contributed by atoms with Crippen LogP contribution in [0.3, 0.4) is 0 Å². The van der Waals surface area contributed by atoms with E-state index in [0.717, 1.165) is 27.6 Å². The summed E-state index contributed by atoms with van der Waals surface area (Å²) in [6.07, 6.45) is 1.78. The van der Waals surface area contributed by atoms with Crippen molar-refractivity contribution in [2.45, 2.75) is 6.92 Å². The number of ketones is 1. The number of hydrogen-bond acceptors (Lipinski definition) is 2. The molecule has 0 atom stereocenters. The second-order valence-corrected chi connectivity index (χ2v) is 4.51. The lowest BCUT2D eigenvalue weighted by molar-refractivity contribution is 0.101. The van der Waals surface area contributed by atoms with Gasteiger partial charge in [0.2, 0.25) is 0 Å². The molecule has 0 N–H and O–H groups in total. The molecule has 19 heavy (non-hydrogen) atoms. The van der Waals surface area contributed by atoms with Gasteiger partial charge in [0.15, 0.2) is 5.78 Å². The summed E-state index contributed by atoms with van der Waals surface area (Å²) in [6, 6.07) is 17.7. The molecule has 0 aliphatic rings. The molecule has 3 rings (SSSR count). The molecule has 2 nitrogen and oxygen atoms in total. The maximum Gasteiger partial charge on any atom is 0.160 e. The van der Waals surface area contributed by atoms with Crippen LogP contribution in [0.15, 0.2) is 60.8 Å². The predicted octanol–water partition coefficient (Wildman–Crippen LogP) is 4.10. The summed E-state index contributed by atoms with van der Waals surface area (Å²) in [5, 5.41) is 1.08. The van der Waals surface area contributed by atoms with Crippen molar-refractivity contribution >= 4 is 16.7 Å². The predicted molar refractivity (Wildman–Crippen MR) is 77.2 cm³/mol. The minimum atomic E-state index is 0.0851. The first-order chi connectivity index (χ1) is 9.25. The third-order valence-electron chi connectivity index (χ3n) is 3.22. The van der Waals surface area contributed by atoms with E-state index in [1.807, 2.05) is 48.5 Å². The summed E-state index contributed by atoms with van der Waals surface area (Å²) in [5.41, 5.74) is 3.74. The standard InChI is InChI=1S/C17H13NO/c1-12(19)15-6-2-3-7-16(15)13-8-9-17-14(11-13)5-4-10-18-17/h2-11H,1H3. The van der Waals surface area contributed by atoms with Gasteiger partial charge in [0.25, 0.3) is 0 Å². The van der Waals surface area contributed by atoms with E-state index in [9.17, 15) is 4.79 Å². The smallest absolute Gasteiger partial charge is 0.160 e. The van der Waals surface area contributed by atoms with Crippen LogP contribution < -0.4 is 0 Å². The summed E-state index contributed by atoms with van der Waals surface area (Å²) in [4.78, 5) is 16.0. The maximum absolute atomic E-state index is 11.7. The Labute approximate surface area is 111 Å². The van der Waals surface area contributed by atoms with Crippen LogP contribution in [0.4, 0.5) is 0 Å². The van der Waals surface area contributed by atoms with E-state index < -0.39 is 0 Å². The van der Waals surface area contributed by atoms with Crippen molar-refractivity contribution in [1.82, 2.24) is 4.98 Å². The quantitative estimate of drug-likeness (QED) is 0.638. The largest absolute Gasteiger partial charge is 0.294 e. The Kier molecular flexibility index (Phi) is 2.84. The number of carbonyl (C=O) groups is 1. The van der Waals surface area contributed by atoms with Gasteiger partial charge in [-0.15, -0.1) is 0 Å². The van der Waals surface area contributed by atoms with Crippen LogP contribution in [0.5, 0.6) is 0 Å². The molecule has 0 aliphatic carbocycles. The molecule has 0 fully saturated rings. The number of benzene rings is 2. The molecule has 3 aromatic rings. The fourth-order valence-electron chi connectivity index (χ4n) is 2.28. The molecule has 1 aromatic heterocycles. The number of nitrogens with zero attached hydrogens (tertiary/aromatic N) is 1. The van der Waals surface area contributed by atoms with Gasteiger partial charge in [-0.1, -0.05) is 36.4 Å². The molecule has 0 saturated heterocycles. The van der Waals surface area contributed by atoms with E-state index in [1.54, 1.807) is 13.1 Å². The molecule has 2 heteroatoms. The first-order valence-electron chi connectivity index (χ1n) is 6.21. The van der Waals surface area contributed by atoms with Crippen molar-refractivity contribution < 1.29 is 4.79 Å². The number of fused-ring (bicyclic) bond motifs is 1. The van der Waals surface area contributed by atoms with Crippen LogP contribution in [0, 0.1) is 0 Å². The number of carbonyl (C=O) groups excluding carboxylic acids is 1. The first kappa shape index (κ1) is 11.6. The molecule has 92 valence electrons. The van der Waals surface area contributed by atoms with Crippen molar-refractivity contribution in [3.05, 3.63) is 66.4 Å². The zero-order chi connectivity index (χ0) is 13.2. The van der Waals surface area contributed by atoms with Crippen LogP contribution in [-0.2, 0) is 0 Å². The van der Waals surface area contributed by atoms with Crippen molar-refractivity contribution in [1.29, 1.82) is 0 Å². The zero-order valence-electron chi connectivity index (χ0n) is 10.6. The highest BCUT2D eigenvalue weighted by molar-refractivity contribution is 6.01. The monoisotopic (exact) mass is 247 g/mol. The van der Waals surface area contributed by atoms with Crippen molar-refractivity contribution in [3.63, 3.8) is 0 Å². The van der Waals surface area contributed by atoms with Gasteiger partial charge in [-0.2, -0.15) is 0 Å². The van der Waals surface area contributed by atoms with E-state index >= 15 is 0 Å². The fourth-order valence-corrected chi connectivity index (χ4v) is 2.28. The lowest BCUT2D eigenvalue weighted by Crippen LogP contribution is -1.95. The topological polar surface area (TPSA) is 30.0 Å². The molecule has 0 bridgehead atoms. The van der Waals surface area contributed by atoms with E-state index in [2.05, 4.69) is 11.1 Å². The summed E-state index contributed by atoms with van der Waals surface area (Å²) in [6.45, 7) is 1.60. The lowest BCUT2D eigenvalue weighted by Gasteiger charge is -2.08. The zero-order valence-corrected chi connectivity index (χ0v) is 10.6. The van der Waals surface area contributed by atoms with E-state index in [4.69, 9.17) is 0 Å². The Morgan fingerprint density at radius 3 is 2.68 bits per heavy atom. The number of Topliss-reactive ketones (excluding diaryl/α,β-unsaturated/α-hetero) is 1. The average molecular weight is 247 g/mol. The highest BCUT2D eigenvalue weighted by atomic mass is 16.1. The maximum atomic E-state index is 11.7. The van der Waals surface area contributed by atoms with E-state index in [-0.39, 0.29) is 5.78 Å². The van der Waals surface area contributed by atoms with Gasteiger partial charge in [0, 0.05) is 17.1 Å². The molecule has 0 amide bonds. The van der Waals surface area contributed by atoms with Gasteiger partial charge in [-0.25, -0.2) is 0 Å². The second-order valence-electron chi connectivity index (χ2n) is 4.51. The molecule has 0 radical (unpaired) electrons. The van der Waals surface area contributed by atoms with Crippen LogP contribution in [0.1, 0.15) is 17.3 Å². The van der Waals surface area contributed by atoms with Crippen LogP contribution in [-0.4, -0.2) is 10.8 Å². The van der Waals surface area contributed by atoms with Crippen LogP contribution >= 0.6 is 0 Å². The Morgan fingerprint density at radius 1 is 1.00 bits per heavy atom. The fraction of sp³-hybridized carbons (Fsp3) is 0.0588. The minimum Gasteiger partial charge on any atom is -0.294 e. The van der Waals surface area contributed by atoms with Crippen molar-refractivity contribution in [2.75, 3.05) is 0 Å². The van der Waals surface area contributed by atoms with Gasteiger partial charge in [-0.05, 0) is 36.2 Å². The Morgan fingerprint density at radius 2 is 1.84 bits per heavy atom. The summed E-state index contributed by atoms with van der Waals surface area (Å²) in [5.74, 6) is 0.0851. The highest BCUT2D eigenvalue weighted by Crippen LogP contribution is 2.26. The SMILES string of the molecule is CC(=O)c1ccccc1-c1ccc2ncccc2c1.